The van der Waals surface area contributed by atoms with Crippen LogP contribution in [-0.4, -0.2) is 63.1 Å². The van der Waals surface area contributed by atoms with E-state index in [0.717, 1.165) is 21.3 Å². The maximum atomic E-state index is 12.3. The number of hydrogen-bond acceptors (Lipinski definition) is 8. The second kappa shape index (κ2) is 9.00. The van der Waals surface area contributed by atoms with Crippen molar-refractivity contribution in [1.82, 2.24) is 10.6 Å². The molecule has 0 radical (unpaired) electrons. The predicted octanol–water partition coefficient (Wildman–Crippen LogP) is -1.48. The van der Waals surface area contributed by atoms with Gasteiger partial charge in [0.15, 0.2) is 5.92 Å². The molecule has 10 nitrogen and oxygen atoms in total. The van der Waals surface area contributed by atoms with Crippen molar-refractivity contribution in [2.75, 3.05) is 21.3 Å². The minimum Gasteiger partial charge on any atom is -0.468 e. The fourth-order valence-electron chi connectivity index (χ4n) is 2.57. The molecule has 25 heavy (non-hydrogen) atoms. The van der Waals surface area contributed by atoms with Crippen LogP contribution >= 0.6 is 0 Å². The van der Waals surface area contributed by atoms with Crippen molar-refractivity contribution in [3.63, 3.8) is 0 Å². The molecule has 0 bridgehead atoms. The van der Waals surface area contributed by atoms with Crippen molar-refractivity contribution in [3.8, 4) is 0 Å². The van der Waals surface area contributed by atoms with Gasteiger partial charge in [-0.1, -0.05) is 6.92 Å². The zero-order valence-electron chi connectivity index (χ0n) is 14.5. The van der Waals surface area contributed by atoms with Crippen LogP contribution in [0.15, 0.2) is 0 Å². The van der Waals surface area contributed by atoms with Gasteiger partial charge in [-0.05, 0) is 6.42 Å². The summed E-state index contributed by atoms with van der Waals surface area (Å²) in [6, 6.07) is -2.10. The largest absolute Gasteiger partial charge is 0.468 e. The number of nitrogens with one attached hydrogen (secondary N) is 2. The quantitative estimate of drug-likeness (QED) is 0.319. The molecule has 3 atom stereocenters. The molecule has 2 amide bonds. The minimum absolute atomic E-state index is 0.198. The first kappa shape index (κ1) is 20.4. The maximum Gasteiger partial charge on any atom is 0.328 e. The van der Waals surface area contributed by atoms with Crippen LogP contribution in [-0.2, 0) is 38.2 Å². The Balaban J connectivity index is 3.00. The average Bonchev–Trinajstić information content (AvgIpc) is 3.04. The van der Waals surface area contributed by atoms with Crippen LogP contribution in [0.25, 0.3) is 0 Å². The van der Waals surface area contributed by atoms with Crippen LogP contribution in [0.5, 0.6) is 0 Å². The van der Waals surface area contributed by atoms with E-state index in [1.807, 2.05) is 0 Å². The topological polar surface area (TPSA) is 137 Å². The molecule has 0 unspecified atom stereocenters. The Kier molecular flexibility index (Phi) is 7.34. The second-order valence-electron chi connectivity index (χ2n) is 5.55. The summed E-state index contributed by atoms with van der Waals surface area (Å²) < 4.78 is 13.8. The van der Waals surface area contributed by atoms with Gasteiger partial charge in [0.25, 0.3) is 0 Å². The molecule has 10 heteroatoms. The van der Waals surface area contributed by atoms with Crippen LogP contribution in [0, 0.1) is 11.8 Å². The third kappa shape index (κ3) is 4.91. The summed E-state index contributed by atoms with van der Waals surface area (Å²) >= 11 is 0. The Labute approximate surface area is 144 Å². The molecule has 0 aliphatic carbocycles. The first-order valence-corrected chi connectivity index (χ1v) is 7.60. The molecule has 1 aliphatic rings. The van der Waals surface area contributed by atoms with Crippen LogP contribution in [0.4, 0.5) is 0 Å². The van der Waals surface area contributed by atoms with E-state index in [-0.39, 0.29) is 18.7 Å². The van der Waals surface area contributed by atoms with Gasteiger partial charge in [-0.3, -0.25) is 19.2 Å². The van der Waals surface area contributed by atoms with E-state index < -0.39 is 47.7 Å². The van der Waals surface area contributed by atoms with Crippen molar-refractivity contribution >= 4 is 29.7 Å². The van der Waals surface area contributed by atoms with Crippen molar-refractivity contribution in [2.45, 2.75) is 31.8 Å². The normalized spacial score (nSPS) is 18.8. The Morgan fingerprint density at radius 1 is 1.04 bits per heavy atom. The monoisotopic (exact) mass is 358 g/mol. The zero-order chi connectivity index (χ0) is 19.1. The molecule has 1 rings (SSSR count). The molecule has 0 aromatic rings. The number of rotatable bonds is 7. The smallest absolute Gasteiger partial charge is 0.328 e. The number of ether oxygens (including phenoxy) is 3. The molecule has 1 fully saturated rings. The van der Waals surface area contributed by atoms with Gasteiger partial charge >= 0.3 is 17.9 Å². The third-order valence-electron chi connectivity index (χ3n) is 4.03. The Morgan fingerprint density at radius 3 is 1.96 bits per heavy atom. The standard InChI is InChI=1S/C15H22N2O8/c1-7(10(13(20)23-2)14(21)24-3)11(15(22)25-4)17-12(19)8-5-6-9(18)16-8/h7-8,10-11H,5-6H2,1-4H3,(H,16,18)(H,17,19)/t7-,8-,11-/m1/s1. The molecule has 0 aromatic carbocycles. The van der Waals surface area contributed by atoms with Crippen molar-refractivity contribution < 1.29 is 38.2 Å². The van der Waals surface area contributed by atoms with E-state index in [1.165, 1.54) is 6.92 Å². The summed E-state index contributed by atoms with van der Waals surface area (Å²) in [5, 5.41) is 4.89. The van der Waals surface area contributed by atoms with Gasteiger partial charge in [0.1, 0.15) is 12.1 Å². The molecule has 0 aromatic heterocycles. The van der Waals surface area contributed by atoms with E-state index in [1.54, 1.807) is 0 Å². The lowest BCUT2D eigenvalue weighted by Gasteiger charge is -2.27. The van der Waals surface area contributed by atoms with Gasteiger partial charge in [-0.15, -0.1) is 0 Å². The highest BCUT2D eigenvalue weighted by atomic mass is 16.5. The summed E-state index contributed by atoms with van der Waals surface area (Å²) in [7, 11) is 3.28. The molecule has 1 heterocycles. The Morgan fingerprint density at radius 2 is 1.56 bits per heavy atom. The van der Waals surface area contributed by atoms with Gasteiger partial charge in [-0.2, -0.15) is 0 Å². The number of carbonyl (C=O) groups is 5. The lowest BCUT2D eigenvalue weighted by atomic mass is 9.87. The van der Waals surface area contributed by atoms with Crippen LogP contribution in [0.3, 0.4) is 0 Å². The van der Waals surface area contributed by atoms with Gasteiger partial charge in [0.05, 0.1) is 21.3 Å². The highest BCUT2D eigenvalue weighted by Crippen LogP contribution is 2.21. The highest BCUT2D eigenvalue weighted by molar-refractivity contribution is 5.97. The highest BCUT2D eigenvalue weighted by Gasteiger charge is 2.43. The van der Waals surface area contributed by atoms with Crippen LogP contribution < -0.4 is 10.6 Å². The molecule has 2 N–H and O–H groups in total. The molecule has 1 saturated heterocycles. The molecular weight excluding hydrogens is 336 g/mol. The summed E-state index contributed by atoms with van der Waals surface area (Å²) in [5.74, 6) is -5.98. The molecule has 0 spiro atoms. The summed E-state index contributed by atoms with van der Waals surface area (Å²) in [4.78, 5) is 59.4. The van der Waals surface area contributed by atoms with Crippen molar-refractivity contribution in [3.05, 3.63) is 0 Å². The third-order valence-corrected chi connectivity index (χ3v) is 4.03. The lowest BCUT2D eigenvalue weighted by Crippen LogP contribution is -2.54. The average molecular weight is 358 g/mol. The first-order chi connectivity index (χ1) is 11.8. The lowest BCUT2D eigenvalue weighted by molar-refractivity contribution is -0.163. The van der Waals surface area contributed by atoms with Crippen LogP contribution in [0.1, 0.15) is 19.8 Å². The van der Waals surface area contributed by atoms with E-state index in [9.17, 15) is 24.0 Å². The van der Waals surface area contributed by atoms with Crippen LogP contribution in [0.2, 0.25) is 0 Å². The Hall–Kier alpha value is -2.65. The van der Waals surface area contributed by atoms with Gasteiger partial charge in [0.2, 0.25) is 11.8 Å². The number of carbonyl (C=O) groups excluding carboxylic acids is 5. The van der Waals surface area contributed by atoms with E-state index in [2.05, 4.69) is 24.8 Å². The number of methoxy groups -OCH3 is 3. The fraction of sp³-hybridized carbons (Fsp3) is 0.667. The number of esters is 3. The second-order valence-corrected chi connectivity index (χ2v) is 5.55. The first-order valence-electron chi connectivity index (χ1n) is 7.60. The fourth-order valence-corrected chi connectivity index (χ4v) is 2.57. The summed E-state index contributed by atoms with van der Waals surface area (Å²) in [6.07, 6.45) is 0.480. The molecule has 140 valence electrons. The zero-order valence-corrected chi connectivity index (χ0v) is 14.5. The number of hydrogen-bond donors (Lipinski definition) is 2. The molecular formula is C15H22N2O8. The van der Waals surface area contributed by atoms with E-state index in [0.29, 0.717) is 0 Å². The number of amides is 2. The van der Waals surface area contributed by atoms with E-state index in [4.69, 9.17) is 0 Å². The van der Waals surface area contributed by atoms with Crippen molar-refractivity contribution in [2.24, 2.45) is 11.8 Å². The SMILES string of the molecule is COC(=O)C(C(=O)OC)[C@@H](C)[C@@H](NC(=O)[C@H]1CCC(=O)N1)C(=O)OC. The minimum atomic E-state index is -1.43. The van der Waals surface area contributed by atoms with Gasteiger partial charge in [0, 0.05) is 12.3 Å². The Bertz CT molecular complexity index is 546. The van der Waals surface area contributed by atoms with Gasteiger partial charge in [-0.25, -0.2) is 4.79 Å². The van der Waals surface area contributed by atoms with E-state index >= 15 is 0 Å². The van der Waals surface area contributed by atoms with Gasteiger partial charge < -0.3 is 24.8 Å². The summed E-state index contributed by atoms with van der Waals surface area (Å²) in [6.45, 7) is 1.41. The predicted molar refractivity (Wildman–Crippen MR) is 81.8 cm³/mol. The molecule has 1 aliphatic heterocycles. The summed E-state index contributed by atoms with van der Waals surface area (Å²) in [5.41, 5.74) is 0. The molecule has 0 saturated carbocycles. The van der Waals surface area contributed by atoms with Crippen molar-refractivity contribution in [1.29, 1.82) is 0 Å². The maximum absolute atomic E-state index is 12.3.